The molecule has 0 unspecified atom stereocenters. The molecule has 5 aromatic rings. The predicted octanol–water partition coefficient (Wildman–Crippen LogP) is 1.06. The molecular weight excluding hydrogens is 495 g/mol. The summed E-state index contributed by atoms with van der Waals surface area (Å²) in [6.07, 6.45) is 1.02. The molecule has 5 aromatic carbocycles. The zero-order valence-electron chi connectivity index (χ0n) is 18.5. The molecule has 1 radical (unpaired) electrons. The van der Waals surface area contributed by atoms with Crippen LogP contribution < -0.4 is 24.8 Å². The first-order valence-corrected chi connectivity index (χ1v) is 10.6. The van der Waals surface area contributed by atoms with E-state index in [1.54, 1.807) is 0 Å². The van der Waals surface area contributed by atoms with Gasteiger partial charge < -0.3 is 29.9 Å². The van der Waals surface area contributed by atoms with Gasteiger partial charge >= 0.3 is 21.7 Å². The van der Waals surface area contributed by atoms with E-state index >= 15 is 0 Å². The van der Waals surface area contributed by atoms with Crippen LogP contribution in [0.15, 0.2) is 109 Å². The summed E-state index contributed by atoms with van der Waals surface area (Å²) in [5.41, 5.74) is 9.08. The van der Waals surface area contributed by atoms with Crippen LogP contribution in [0.4, 0.5) is 0 Å². The van der Waals surface area contributed by atoms with E-state index in [0.717, 1.165) is 12.0 Å². The molecule has 0 spiro atoms. The van der Waals surface area contributed by atoms with E-state index in [1.165, 1.54) is 44.2 Å². The van der Waals surface area contributed by atoms with Gasteiger partial charge in [-0.2, -0.15) is 0 Å². The Morgan fingerprint density at radius 3 is 2.03 bits per heavy atom. The van der Waals surface area contributed by atoms with Crippen molar-refractivity contribution in [3.8, 4) is 22.3 Å². The third-order valence-electron chi connectivity index (χ3n) is 5.83. The molecule has 0 atom stereocenters. The molecule has 4 heteroatoms. The summed E-state index contributed by atoms with van der Waals surface area (Å²) in [7, 11) is 0. The topological polar surface area (TPSA) is 20.2 Å². The van der Waals surface area contributed by atoms with Gasteiger partial charge in [0, 0.05) is 0 Å². The molecule has 1 nitrogen and oxygen atoms in total. The Labute approximate surface area is 228 Å². The Bertz CT molecular complexity index is 1350. The number of aliphatic hydroxyl groups excluding tert-OH is 1. The SMILES string of the molecule is OCc1ccccc1.[Cl-].[Cl-].[Ti+3].[c-]1c(-c2cccc3c2Cc2ccccc2-3)ccc2ccccc12. The van der Waals surface area contributed by atoms with Crippen molar-refractivity contribution in [3.05, 3.63) is 132 Å². The Kier molecular flexibility index (Phi) is 10.6. The normalized spacial score (nSPS) is 10.4. The van der Waals surface area contributed by atoms with Crippen LogP contribution in [-0.4, -0.2) is 5.11 Å². The molecule has 0 saturated heterocycles. The zero-order valence-corrected chi connectivity index (χ0v) is 21.6. The van der Waals surface area contributed by atoms with Crippen molar-refractivity contribution in [1.29, 1.82) is 0 Å². The van der Waals surface area contributed by atoms with E-state index in [9.17, 15) is 0 Å². The van der Waals surface area contributed by atoms with Gasteiger partial charge in [0.1, 0.15) is 0 Å². The molecule has 1 N–H and O–H groups in total. The quantitative estimate of drug-likeness (QED) is 0.269. The summed E-state index contributed by atoms with van der Waals surface area (Å²) in [6.45, 7) is 0.140. The Morgan fingerprint density at radius 2 is 1.26 bits per heavy atom. The second kappa shape index (κ2) is 12.9. The molecule has 6 rings (SSSR count). The number of aliphatic hydroxyl groups is 1. The first kappa shape index (κ1) is 27.9. The van der Waals surface area contributed by atoms with Gasteiger partial charge in [-0.15, -0.1) is 35.2 Å². The van der Waals surface area contributed by atoms with Gasteiger partial charge in [-0.05, 0) is 28.7 Å². The summed E-state index contributed by atoms with van der Waals surface area (Å²) in [6, 6.07) is 41.3. The molecule has 0 heterocycles. The Hall–Kier alpha value is -2.39. The van der Waals surface area contributed by atoms with Gasteiger partial charge in [0.25, 0.3) is 0 Å². The van der Waals surface area contributed by atoms with Gasteiger partial charge in [-0.1, -0.05) is 108 Å². The van der Waals surface area contributed by atoms with Crippen LogP contribution >= 0.6 is 0 Å². The maximum absolute atomic E-state index is 8.54. The van der Waals surface area contributed by atoms with E-state index in [2.05, 4.69) is 84.9 Å². The Balaban J connectivity index is 0.000000322. The summed E-state index contributed by atoms with van der Waals surface area (Å²) < 4.78 is 0. The molecule has 1 aliphatic carbocycles. The van der Waals surface area contributed by atoms with Gasteiger partial charge in [-0.25, -0.2) is 0 Å². The number of benzene rings is 5. The molecule has 0 bridgehead atoms. The molecule has 34 heavy (non-hydrogen) atoms. The van der Waals surface area contributed by atoms with Crippen LogP contribution in [0.2, 0.25) is 0 Å². The van der Waals surface area contributed by atoms with E-state index in [4.69, 9.17) is 5.11 Å². The maximum atomic E-state index is 8.54. The third-order valence-corrected chi connectivity index (χ3v) is 5.83. The third kappa shape index (κ3) is 5.81. The van der Waals surface area contributed by atoms with Gasteiger partial charge in [0.05, 0.1) is 6.61 Å². The van der Waals surface area contributed by atoms with Crippen molar-refractivity contribution >= 4 is 10.8 Å². The minimum atomic E-state index is 0. The summed E-state index contributed by atoms with van der Waals surface area (Å²) in [4.78, 5) is 0. The minimum Gasteiger partial charge on any atom is -1.00 e. The fourth-order valence-corrected chi connectivity index (χ4v) is 4.27. The Morgan fingerprint density at radius 1 is 0.618 bits per heavy atom. The van der Waals surface area contributed by atoms with Crippen LogP contribution in [0, 0.1) is 6.07 Å². The number of fused-ring (bicyclic) bond motifs is 4. The smallest absolute Gasteiger partial charge is 1.00 e. The largest absolute Gasteiger partial charge is 3.00 e. The molecule has 0 saturated carbocycles. The fourth-order valence-electron chi connectivity index (χ4n) is 4.27. The first-order chi connectivity index (χ1) is 15.3. The molecule has 0 fully saturated rings. The number of halogens is 2. The first-order valence-electron chi connectivity index (χ1n) is 10.6. The number of hydrogen-bond donors (Lipinski definition) is 1. The van der Waals surface area contributed by atoms with Gasteiger partial charge in [-0.3, -0.25) is 0 Å². The van der Waals surface area contributed by atoms with Crippen LogP contribution in [-0.2, 0) is 34.7 Å². The van der Waals surface area contributed by atoms with E-state index < -0.39 is 0 Å². The molecule has 167 valence electrons. The average molecular weight is 518 g/mol. The van der Waals surface area contributed by atoms with Crippen LogP contribution in [0.1, 0.15) is 16.7 Å². The van der Waals surface area contributed by atoms with Crippen molar-refractivity contribution < 1.29 is 51.6 Å². The average Bonchev–Trinajstić information content (AvgIpc) is 3.23. The standard InChI is InChI=1S/C23H15.C7H8O.2ClH.Ti/c1-2-7-17-14-19(13-12-16(17)6-1)21-10-5-11-22-20-9-4-3-8-18(20)15-23(21)22;8-6-7-4-2-1-3-5-7;;;/h1-13H,15H2;1-5,8H,6H2;2*1H;/q-1;;;;+3/p-2. The molecule has 0 amide bonds. The number of hydrogen-bond acceptors (Lipinski definition) is 1. The maximum Gasteiger partial charge on any atom is 3.00 e. The second-order valence-electron chi connectivity index (χ2n) is 7.77. The van der Waals surface area contributed by atoms with Gasteiger partial charge in [0.15, 0.2) is 0 Å². The van der Waals surface area contributed by atoms with Crippen LogP contribution in [0.5, 0.6) is 0 Å². The molecule has 0 aromatic heterocycles. The summed E-state index contributed by atoms with van der Waals surface area (Å²) in [5, 5.41) is 11.0. The van der Waals surface area contributed by atoms with Crippen molar-refractivity contribution in [3.63, 3.8) is 0 Å². The fraction of sp³-hybridized carbons (Fsp3) is 0.0667. The van der Waals surface area contributed by atoms with Crippen LogP contribution in [0.3, 0.4) is 0 Å². The molecular formula is C30H23Cl2OTi. The van der Waals surface area contributed by atoms with Crippen molar-refractivity contribution in [2.75, 3.05) is 0 Å². The molecule has 0 aliphatic heterocycles. The van der Waals surface area contributed by atoms with Crippen molar-refractivity contribution in [2.24, 2.45) is 0 Å². The van der Waals surface area contributed by atoms with Gasteiger partial charge in [0.2, 0.25) is 0 Å². The summed E-state index contributed by atoms with van der Waals surface area (Å²) >= 11 is 0. The van der Waals surface area contributed by atoms with Crippen molar-refractivity contribution in [1.82, 2.24) is 0 Å². The van der Waals surface area contributed by atoms with Crippen molar-refractivity contribution in [2.45, 2.75) is 13.0 Å². The van der Waals surface area contributed by atoms with E-state index in [-0.39, 0.29) is 53.1 Å². The number of rotatable bonds is 2. The van der Waals surface area contributed by atoms with Crippen LogP contribution in [0.25, 0.3) is 33.0 Å². The van der Waals surface area contributed by atoms with E-state index in [0.29, 0.717) is 0 Å². The summed E-state index contributed by atoms with van der Waals surface area (Å²) in [5.74, 6) is 0. The zero-order chi connectivity index (χ0) is 21.0. The minimum absolute atomic E-state index is 0. The van der Waals surface area contributed by atoms with E-state index in [1.807, 2.05) is 30.3 Å². The monoisotopic (exact) mass is 517 g/mol. The second-order valence-corrected chi connectivity index (χ2v) is 7.77. The molecule has 1 aliphatic rings. The predicted molar refractivity (Wildman–Crippen MR) is 129 cm³/mol.